The normalized spacial score (nSPS) is 14.2. The molecule has 0 radical (unpaired) electrons. The van der Waals surface area contributed by atoms with Gasteiger partial charge in [-0.2, -0.15) is 5.26 Å². The number of hydrogen-bond donors (Lipinski definition) is 1. The quantitative estimate of drug-likeness (QED) is 0.669. The van der Waals surface area contributed by atoms with E-state index in [1.165, 1.54) is 4.90 Å². The SMILES string of the molecule is CCC(C)(C#N)NC(=O)N(C)C. The summed E-state index contributed by atoms with van der Waals surface area (Å²) in [5.41, 5.74) is -0.749. The lowest BCUT2D eigenvalue weighted by Crippen LogP contribution is -2.48. The van der Waals surface area contributed by atoms with Crippen molar-refractivity contribution in [2.45, 2.75) is 25.8 Å². The molecule has 0 spiro atoms. The van der Waals surface area contributed by atoms with Crippen molar-refractivity contribution < 1.29 is 4.79 Å². The molecule has 12 heavy (non-hydrogen) atoms. The molecule has 1 N–H and O–H groups in total. The van der Waals surface area contributed by atoms with Gasteiger partial charge in [0.05, 0.1) is 6.07 Å². The fraction of sp³-hybridized carbons (Fsp3) is 0.750. The van der Waals surface area contributed by atoms with E-state index in [0.717, 1.165) is 0 Å². The van der Waals surface area contributed by atoms with Crippen molar-refractivity contribution in [2.75, 3.05) is 14.1 Å². The van der Waals surface area contributed by atoms with Crippen LogP contribution in [0, 0.1) is 11.3 Å². The van der Waals surface area contributed by atoms with Gasteiger partial charge in [0.1, 0.15) is 5.54 Å². The molecule has 0 fully saturated rings. The fourth-order valence-electron chi connectivity index (χ4n) is 0.543. The molecule has 4 nitrogen and oxygen atoms in total. The molecule has 0 aliphatic rings. The lowest BCUT2D eigenvalue weighted by atomic mass is 10.0. The molecule has 0 aromatic rings. The summed E-state index contributed by atoms with van der Waals surface area (Å²) in [7, 11) is 3.28. The molecule has 0 aliphatic heterocycles. The second-order valence-electron chi connectivity index (χ2n) is 3.12. The van der Waals surface area contributed by atoms with E-state index >= 15 is 0 Å². The largest absolute Gasteiger partial charge is 0.331 e. The molecule has 0 bridgehead atoms. The first-order valence-corrected chi connectivity index (χ1v) is 3.86. The van der Waals surface area contributed by atoms with E-state index in [2.05, 4.69) is 11.4 Å². The van der Waals surface area contributed by atoms with E-state index < -0.39 is 5.54 Å². The molecule has 0 saturated heterocycles. The molecule has 0 aromatic heterocycles. The summed E-state index contributed by atoms with van der Waals surface area (Å²) in [5, 5.41) is 11.4. The maximum atomic E-state index is 11.1. The van der Waals surface area contributed by atoms with Crippen LogP contribution in [-0.4, -0.2) is 30.6 Å². The maximum absolute atomic E-state index is 11.1. The van der Waals surface area contributed by atoms with Crippen molar-refractivity contribution in [3.05, 3.63) is 0 Å². The van der Waals surface area contributed by atoms with Crippen molar-refractivity contribution in [1.82, 2.24) is 10.2 Å². The van der Waals surface area contributed by atoms with Crippen LogP contribution in [0.1, 0.15) is 20.3 Å². The summed E-state index contributed by atoms with van der Waals surface area (Å²) < 4.78 is 0. The number of nitriles is 1. The molecule has 2 amide bonds. The Kier molecular flexibility index (Phi) is 3.55. The Morgan fingerprint density at radius 2 is 2.17 bits per heavy atom. The Balaban J connectivity index is 4.25. The van der Waals surface area contributed by atoms with Gasteiger partial charge in [-0.1, -0.05) is 6.92 Å². The molecular formula is C8H15N3O. The molecule has 0 rings (SSSR count). The lowest BCUT2D eigenvalue weighted by molar-refractivity contribution is 0.209. The van der Waals surface area contributed by atoms with Gasteiger partial charge in [-0.05, 0) is 13.3 Å². The average Bonchev–Trinajstić information content (AvgIpc) is 2.04. The van der Waals surface area contributed by atoms with E-state index in [0.29, 0.717) is 6.42 Å². The van der Waals surface area contributed by atoms with Crippen LogP contribution in [0.4, 0.5) is 4.79 Å². The number of nitrogens with one attached hydrogen (secondary N) is 1. The standard InChI is InChI=1S/C8H15N3O/c1-5-8(2,6-9)10-7(12)11(3)4/h5H2,1-4H3,(H,10,12). The Morgan fingerprint density at radius 1 is 1.67 bits per heavy atom. The molecule has 0 aliphatic carbocycles. The van der Waals surface area contributed by atoms with Crippen molar-refractivity contribution in [3.63, 3.8) is 0 Å². The van der Waals surface area contributed by atoms with Crippen LogP contribution < -0.4 is 5.32 Å². The minimum atomic E-state index is -0.749. The Hall–Kier alpha value is -1.24. The minimum Gasteiger partial charge on any atom is -0.331 e. The molecule has 1 unspecified atom stereocenters. The highest BCUT2D eigenvalue weighted by atomic mass is 16.2. The van der Waals surface area contributed by atoms with Crippen molar-refractivity contribution in [2.24, 2.45) is 0 Å². The molecule has 68 valence electrons. The zero-order chi connectivity index (χ0) is 9.78. The van der Waals surface area contributed by atoms with Gasteiger partial charge in [-0.25, -0.2) is 4.79 Å². The molecule has 4 heteroatoms. The van der Waals surface area contributed by atoms with Crippen LogP contribution in [0.5, 0.6) is 0 Å². The summed E-state index contributed by atoms with van der Waals surface area (Å²) in [6, 6.07) is 1.82. The highest BCUT2D eigenvalue weighted by Crippen LogP contribution is 2.06. The monoisotopic (exact) mass is 169 g/mol. The predicted molar refractivity (Wildman–Crippen MR) is 46.5 cm³/mol. The summed E-state index contributed by atoms with van der Waals surface area (Å²) in [4.78, 5) is 12.5. The first kappa shape index (κ1) is 10.8. The summed E-state index contributed by atoms with van der Waals surface area (Å²) in [6.45, 7) is 3.56. The van der Waals surface area contributed by atoms with Gasteiger partial charge in [0.15, 0.2) is 0 Å². The number of carbonyl (C=O) groups excluding carboxylic acids is 1. The van der Waals surface area contributed by atoms with Gasteiger partial charge in [-0.15, -0.1) is 0 Å². The Morgan fingerprint density at radius 3 is 2.42 bits per heavy atom. The predicted octanol–water partition coefficient (Wildman–Crippen LogP) is 0.950. The van der Waals surface area contributed by atoms with Gasteiger partial charge in [-0.3, -0.25) is 0 Å². The maximum Gasteiger partial charge on any atom is 0.318 e. The van der Waals surface area contributed by atoms with Crippen LogP contribution in [0.3, 0.4) is 0 Å². The molecule has 0 heterocycles. The van der Waals surface area contributed by atoms with Crippen molar-refractivity contribution >= 4 is 6.03 Å². The van der Waals surface area contributed by atoms with E-state index in [-0.39, 0.29) is 6.03 Å². The second-order valence-corrected chi connectivity index (χ2v) is 3.12. The lowest BCUT2D eigenvalue weighted by Gasteiger charge is -2.23. The average molecular weight is 169 g/mol. The summed E-state index contributed by atoms with van der Waals surface area (Å²) in [5.74, 6) is 0. The smallest absolute Gasteiger partial charge is 0.318 e. The highest BCUT2D eigenvalue weighted by Gasteiger charge is 2.23. The van der Waals surface area contributed by atoms with Crippen LogP contribution >= 0.6 is 0 Å². The summed E-state index contributed by atoms with van der Waals surface area (Å²) >= 11 is 0. The van der Waals surface area contributed by atoms with Crippen LogP contribution in [0.25, 0.3) is 0 Å². The molecule has 1 atom stereocenters. The van der Waals surface area contributed by atoms with Gasteiger partial charge < -0.3 is 10.2 Å². The molecule has 0 aromatic carbocycles. The Bertz CT molecular complexity index is 207. The molecule has 0 saturated carbocycles. The van der Waals surface area contributed by atoms with E-state index in [1.54, 1.807) is 21.0 Å². The van der Waals surface area contributed by atoms with Crippen molar-refractivity contribution in [3.8, 4) is 6.07 Å². The Labute approximate surface area is 73.2 Å². The second kappa shape index (κ2) is 3.96. The highest BCUT2D eigenvalue weighted by molar-refractivity contribution is 5.74. The van der Waals surface area contributed by atoms with Crippen LogP contribution in [0.2, 0.25) is 0 Å². The van der Waals surface area contributed by atoms with Gasteiger partial charge in [0, 0.05) is 14.1 Å². The first-order chi connectivity index (χ1) is 5.45. The third-order valence-electron chi connectivity index (χ3n) is 1.74. The minimum absolute atomic E-state index is 0.235. The van der Waals surface area contributed by atoms with E-state index in [9.17, 15) is 4.79 Å². The van der Waals surface area contributed by atoms with Gasteiger partial charge >= 0.3 is 6.03 Å². The fourth-order valence-corrected chi connectivity index (χ4v) is 0.543. The third-order valence-corrected chi connectivity index (χ3v) is 1.74. The van der Waals surface area contributed by atoms with Crippen molar-refractivity contribution in [1.29, 1.82) is 5.26 Å². The first-order valence-electron chi connectivity index (χ1n) is 3.86. The topological polar surface area (TPSA) is 56.1 Å². The van der Waals surface area contributed by atoms with Gasteiger partial charge in [0.2, 0.25) is 0 Å². The number of urea groups is 1. The summed E-state index contributed by atoms with van der Waals surface area (Å²) in [6.07, 6.45) is 0.600. The van der Waals surface area contributed by atoms with Crippen LogP contribution in [0.15, 0.2) is 0 Å². The number of carbonyl (C=O) groups is 1. The number of nitrogens with zero attached hydrogens (tertiary/aromatic N) is 2. The number of amides is 2. The zero-order valence-corrected chi connectivity index (χ0v) is 8.01. The zero-order valence-electron chi connectivity index (χ0n) is 8.01. The third kappa shape index (κ3) is 2.79. The number of hydrogen-bond acceptors (Lipinski definition) is 2. The molecular weight excluding hydrogens is 154 g/mol. The van der Waals surface area contributed by atoms with E-state index in [4.69, 9.17) is 5.26 Å². The van der Waals surface area contributed by atoms with Crippen LogP contribution in [-0.2, 0) is 0 Å². The van der Waals surface area contributed by atoms with E-state index in [1.807, 2.05) is 6.92 Å². The van der Waals surface area contributed by atoms with Gasteiger partial charge in [0.25, 0.3) is 0 Å². The number of rotatable bonds is 2.